The summed E-state index contributed by atoms with van der Waals surface area (Å²) in [5.74, 6) is -1.63. The van der Waals surface area contributed by atoms with Crippen molar-refractivity contribution in [2.45, 2.75) is 137 Å². The van der Waals surface area contributed by atoms with Gasteiger partial charge in [0.05, 0.1) is 0 Å². The lowest BCUT2D eigenvalue weighted by Crippen LogP contribution is -2.60. The van der Waals surface area contributed by atoms with Crippen LogP contribution in [0.5, 0.6) is 0 Å². The van der Waals surface area contributed by atoms with E-state index in [1.807, 2.05) is 76.2 Å². The molecule has 0 aliphatic heterocycles. The van der Waals surface area contributed by atoms with Crippen molar-refractivity contribution in [1.29, 1.82) is 0 Å². The Morgan fingerprint density at radius 3 is 1.91 bits per heavy atom. The van der Waals surface area contributed by atoms with Crippen LogP contribution in [0.3, 0.4) is 0 Å². The van der Waals surface area contributed by atoms with Crippen molar-refractivity contribution < 1.29 is 28.7 Å². The lowest BCUT2D eigenvalue weighted by molar-refractivity contribution is -0.159. The predicted octanol–water partition coefficient (Wildman–Crippen LogP) is 6.73. The highest BCUT2D eigenvalue weighted by Crippen LogP contribution is 2.37. The Morgan fingerprint density at radius 2 is 1.43 bits per heavy atom. The SMILES string of the molecule is CCC(C)C(NC(=O)OC(C)(C)C)C(=O)N(C1CCC1)C(C(=O)NC(Cc1ccccc1)C(=O)OC(C)(C)C)c1c(C)cccc1C. The number of nitrogens with one attached hydrogen (secondary N) is 2. The molecule has 0 bridgehead atoms. The summed E-state index contributed by atoms with van der Waals surface area (Å²) >= 11 is 0. The van der Waals surface area contributed by atoms with Gasteiger partial charge in [0.15, 0.2) is 0 Å². The van der Waals surface area contributed by atoms with Crippen molar-refractivity contribution in [2.75, 3.05) is 0 Å². The third-order valence-electron chi connectivity index (χ3n) is 8.51. The summed E-state index contributed by atoms with van der Waals surface area (Å²) in [6.45, 7) is 18.4. The number of hydrogen-bond acceptors (Lipinski definition) is 6. The van der Waals surface area contributed by atoms with Crippen LogP contribution >= 0.6 is 0 Å². The average molecular weight is 650 g/mol. The molecule has 9 nitrogen and oxygen atoms in total. The minimum atomic E-state index is -1.05. The largest absolute Gasteiger partial charge is 0.458 e. The standard InChI is InChI=1S/C38H55N3O6/c1-11-24(2)31(40-36(45)47-38(8,9)10)34(43)41(28-21-16-22-28)32(30-25(3)17-15-18-26(30)4)33(42)39-29(35(44)46-37(5,6)7)23-27-19-13-12-14-20-27/h12-15,17-20,24,28-29,31-32H,11,16,21-23H2,1-10H3,(H,39,42)(H,40,45). The molecule has 2 aromatic carbocycles. The van der Waals surface area contributed by atoms with Crippen LogP contribution in [0.1, 0.15) is 109 Å². The molecule has 0 spiro atoms. The molecule has 4 unspecified atom stereocenters. The summed E-state index contributed by atoms with van der Waals surface area (Å²) in [6, 6.07) is 12.0. The molecular weight excluding hydrogens is 594 g/mol. The van der Waals surface area contributed by atoms with Gasteiger partial charge >= 0.3 is 12.1 Å². The van der Waals surface area contributed by atoms with Crippen LogP contribution in [0, 0.1) is 19.8 Å². The highest BCUT2D eigenvalue weighted by atomic mass is 16.6. The summed E-state index contributed by atoms with van der Waals surface area (Å²) in [7, 11) is 0. The van der Waals surface area contributed by atoms with E-state index in [-0.39, 0.29) is 24.3 Å². The summed E-state index contributed by atoms with van der Waals surface area (Å²) in [5, 5.41) is 5.86. The van der Waals surface area contributed by atoms with Gasteiger partial charge in [0.1, 0.15) is 29.3 Å². The summed E-state index contributed by atoms with van der Waals surface area (Å²) in [6.07, 6.45) is 2.50. The van der Waals surface area contributed by atoms with Crippen LogP contribution in [-0.2, 0) is 30.3 Å². The number of benzene rings is 2. The second-order valence-electron chi connectivity index (χ2n) is 14.8. The molecule has 0 aromatic heterocycles. The molecule has 1 saturated carbocycles. The van der Waals surface area contributed by atoms with Crippen molar-refractivity contribution >= 4 is 23.9 Å². The Bertz CT molecular complexity index is 1370. The maximum absolute atomic E-state index is 14.8. The topological polar surface area (TPSA) is 114 Å². The van der Waals surface area contributed by atoms with Crippen molar-refractivity contribution in [2.24, 2.45) is 5.92 Å². The number of ether oxygens (including phenoxy) is 2. The van der Waals surface area contributed by atoms with Crippen LogP contribution in [0.25, 0.3) is 0 Å². The van der Waals surface area contributed by atoms with E-state index in [0.29, 0.717) is 12.0 Å². The monoisotopic (exact) mass is 649 g/mol. The number of amides is 3. The molecule has 1 aliphatic carbocycles. The lowest BCUT2D eigenvalue weighted by Gasteiger charge is -2.45. The molecule has 0 radical (unpaired) electrons. The van der Waals surface area contributed by atoms with Gasteiger partial charge in [-0.05, 0) is 103 Å². The van der Waals surface area contributed by atoms with Gasteiger partial charge in [-0.2, -0.15) is 0 Å². The molecule has 4 atom stereocenters. The highest BCUT2D eigenvalue weighted by molar-refractivity contribution is 5.94. The smallest absolute Gasteiger partial charge is 0.408 e. The van der Waals surface area contributed by atoms with E-state index in [2.05, 4.69) is 10.6 Å². The molecule has 1 fully saturated rings. The number of carbonyl (C=O) groups is 4. The van der Waals surface area contributed by atoms with Crippen LogP contribution in [-0.4, -0.2) is 58.1 Å². The van der Waals surface area contributed by atoms with Crippen LogP contribution in [0.4, 0.5) is 4.79 Å². The molecule has 258 valence electrons. The number of nitrogens with zero attached hydrogens (tertiary/aromatic N) is 1. The second kappa shape index (κ2) is 15.8. The zero-order valence-electron chi connectivity index (χ0n) is 29.9. The van der Waals surface area contributed by atoms with Crippen molar-refractivity contribution in [3.05, 3.63) is 70.8 Å². The Morgan fingerprint density at radius 1 is 0.851 bits per heavy atom. The van der Waals surface area contributed by atoms with Crippen molar-refractivity contribution in [3.63, 3.8) is 0 Å². The minimum absolute atomic E-state index is 0.216. The van der Waals surface area contributed by atoms with E-state index >= 15 is 0 Å². The number of rotatable bonds is 12. The van der Waals surface area contributed by atoms with E-state index in [1.54, 1.807) is 46.4 Å². The van der Waals surface area contributed by atoms with Crippen LogP contribution < -0.4 is 10.6 Å². The van der Waals surface area contributed by atoms with Gasteiger partial charge in [0.25, 0.3) is 0 Å². The van der Waals surface area contributed by atoms with Gasteiger partial charge in [-0.15, -0.1) is 0 Å². The molecule has 0 saturated heterocycles. The zero-order valence-corrected chi connectivity index (χ0v) is 29.9. The Labute approximate surface area is 281 Å². The first-order valence-electron chi connectivity index (χ1n) is 16.9. The van der Waals surface area contributed by atoms with Crippen LogP contribution in [0.15, 0.2) is 48.5 Å². The fraction of sp³-hybridized carbons (Fsp3) is 0.579. The van der Waals surface area contributed by atoms with E-state index in [4.69, 9.17) is 9.47 Å². The maximum Gasteiger partial charge on any atom is 0.408 e. The molecule has 3 amide bonds. The van der Waals surface area contributed by atoms with Crippen molar-refractivity contribution in [1.82, 2.24) is 15.5 Å². The van der Waals surface area contributed by atoms with Crippen molar-refractivity contribution in [3.8, 4) is 0 Å². The Kier molecular flexibility index (Phi) is 12.6. The first kappa shape index (κ1) is 37.6. The third kappa shape index (κ3) is 10.6. The maximum atomic E-state index is 14.8. The Balaban J connectivity index is 2.13. The van der Waals surface area contributed by atoms with E-state index < -0.39 is 47.3 Å². The van der Waals surface area contributed by atoms with Gasteiger partial charge in [0.2, 0.25) is 11.8 Å². The first-order chi connectivity index (χ1) is 21.9. The van der Waals surface area contributed by atoms with Gasteiger partial charge in [0, 0.05) is 12.5 Å². The summed E-state index contributed by atoms with van der Waals surface area (Å²) in [4.78, 5) is 57.8. The quantitative estimate of drug-likeness (QED) is 0.247. The molecule has 2 N–H and O–H groups in total. The van der Waals surface area contributed by atoms with E-state index in [1.165, 1.54) is 0 Å². The predicted molar refractivity (Wildman–Crippen MR) is 184 cm³/mol. The molecular formula is C38H55N3O6. The number of carbonyl (C=O) groups excluding carboxylic acids is 4. The fourth-order valence-corrected chi connectivity index (χ4v) is 5.78. The van der Waals surface area contributed by atoms with Crippen LogP contribution in [0.2, 0.25) is 0 Å². The minimum Gasteiger partial charge on any atom is -0.458 e. The number of alkyl carbamates (subject to hydrolysis) is 1. The van der Waals surface area contributed by atoms with Gasteiger partial charge < -0.3 is 25.0 Å². The van der Waals surface area contributed by atoms with Gasteiger partial charge in [-0.1, -0.05) is 68.8 Å². The number of esters is 1. The molecule has 1 aliphatic rings. The fourth-order valence-electron chi connectivity index (χ4n) is 5.78. The average Bonchev–Trinajstić information content (AvgIpc) is 2.93. The van der Waals surface area contributed by atoms with Gasteiger partial charge in [-0.3, -0.25) is 9.59 Å². The normalized spacial score (nSPS) is 16.1. The molecule has 3 rings (SSSR count). The summed E-state index contributed by atoms with van der Waals surface area (Å²) in [5.41, 5.74) is 1.73. The third-order valence-corrected chi connectivity index (χ3v) is 8.51. The molecule has 9 heteroatoms. The molecule has 0 heterocycles. The first-order valence-corrected chi connectivity index (χ1v) is 16.9. The lowest BCUT2D eigenvalue weighted by atomic mass is 9.85. The second-order valence-corrected chi connectivity index (χ2v) is 14.8. The zero-order chi connectivity index (χ0) is 35.1. The number of hydrogen-bond donors (Lipinski definition) is 2. The number of aryl methyl sites for hydroxylation is 2. The molecule has 2 aromatic rings. The highest BCUT2D eigenvalue weighted by Gasteiger charge is 2.45. The van der Waals surface area contributed by atoms with E-state index in [0.717, 1.165) is 36.0 Å². The van der Waals surface area contributed by atoms with Gasteiger partial charge in [-0.25, -0.2) is 9.59 Å². The Hall–Kier alpha value is -3.88. The van der Waals surface area contributed by atoms with E-state index in [9.17, 15) is 19.2 Å². The summed E-state index contributed by atoms with van der Waals surface area (Å²) < 4.78 is 11.3. The molecule has 47 heavy (non-hydrogen) atoms.